The Morgan fingerprint density at radius 2 is 1.43 bits per heavy atom. The van der Waals surface area contributed by atoms with Gasteiger partial charge in [0, 0.05) is 26.3 Å². The first-order chi connectivity index (χ1) is 21.5. The van der Waals surface area contributed by atoms with Gasteiger partial charge in [-0.2, -0.15) is 0 Å². The summed E-state index contributed by atoms with van der Waals surface area (Å²) in [5.74, 6) is -2.32. The number of nitrogens with zero attached hydrogens (tertiary/aromatic N) is 1. The van der Waals surface area contributed by atoms with E-state index in [1.807, 2.05) is 13.8 Å². The van der Waals surface area contributed by atoms with E-state index in [9.17, 15) is 28.8 Å². The van der Waals surface area contributed by atoms with Crippen LogP contribution in [0.25, 0.3) is 0 Å². The van der Waals surface area contributed by atoms with Crippen LogP contribution in [-0.4, -0.2) is 85.5 Å². The normalized spacial score (nSPS) is 13.7. The highest BCUT2D eigenvalue weighted by atomic mass is 16.6. The number of carbonyl (C=O) groups is 6. The Hall–Kier alpha value is -4.40. The van der Waals surface area contributed by atoms with Gasteiger partial charge in [0.15, 0.2) is 0 Å². The SMILES string of the molecule is CNC(=O)[C@@H](NC(=O)[C@H](C(C)C)N(C)C(=O)OCc1ccc(NC(=O)[C@H](CCCNC(N)=O)NC(=O)[C@@H](N)C(C)C)cc1)C(C)C. The zero-order chi connectivity index (χ0) is 35.1. The van der Waals surface area contributed by atoms with Crippen LogP contribution in [0.4, 0.5) is 15.3 Å². The monoisotopic (exact) mass is 648 g/mol. The van der Waals surface area contributed by atoms with Crippen molar-refractivity contribution >= 4 is 41.4 Å². The number of carbonyl (C=O) groups excluding carboxylic acids is 6. The fourth-order valence-corrected chi connectivity index (χ4v) is 4.49. The maximum Gasteiger partial charge on any atom is 0.410 e. The number of amides is 7. The van der Waals surface area contributed by atoms with E-state index in [2.05, 4.69) is 26.6 Å². The van der Waals surface area contributed by atoms with Gasteiger partial charge in [-0.3, -0.25) is 24.1 Å². The highest BCUT2D eigenvalue weighted by Crippen LogP contribution is 2.16. The second kappa shape index (κ2) is 19.2. The van der Waals surface area contributed by atoms with Gasteiger partial charge in [-0.25, -0.2) is 9.59 Å². The lowest BCUT2D eigenvalue weighted by Gasteiger charge is -2.31. The zero-order valence-electron chi connectivity index (χ0n) is 28.1. The van der Waals surface area contributed by atoms with Crippen LogP contribution in [0.3, 0.4) is 0 Å². The Morgan fingerprint density at radius 1 is 0.826 bits per heavy atom. The third kappa shape index (κ3) is 12.9. The molecule has 9 N–H and O–H groups in total. The molecule has 1 aromatic carbocycles. The van der Waals surface area contributed by atoms with Crippen LogP contribution in [0.15, 0.2) is 24.3 Å². The van der Waals surface area contributed by atoms with E-state index >= 15 is 0 Å². The summed E-state index contributed by atoms with van der Waals surface area (Å²) < 4.78 is 5.45. The molecule has 7 amide bonds. The molecule has 15 heteroatoms. The van der Waals surface area contributed by atoms with Crippen molar-refractivity contribution in [2.75, 3.05) is 26.0 Å². The van der Waals surface area contributed by atoms with Crippen molar-refractivity contribution in [2.24, 2.45) is 29.2 Å². The van der Waals surface area contributed by atoms with Crippen LogP contribution in [0.5, 0.6) is 0 Å². The largest absolute Gasteiger partial charge is 0.445 e. The molecule has 0 radical (unpaired) electrons. The molecule has 1 rings (SSSR count). The molecule has 0 aliphatic heterocycles. The van der Waals surface area contributed by atoms with Gasteiger partial charge in [0.05, 0.1) is 6.04 Å². The first kappa shape index (κ1) is 39.6. The maximum atomic E-state index is 13.1. The number of primary amides is 1. The second-order valence-corrected chi connectivity index (χ2v) is 12.1. The molecule has 4 atom stereocenters. The number of nitrogens with one attached hydrogen (secondary N) is 5. The number of ether oxygens (including phenoxy) is 1. The number of anilines is 1. The Morgan fingerprint density at radius 3 is 1.93 bits per heavy atom. The molecule has 0 aliphatic rings. The molecule has 15 nitrogen and oxygen atoms in total. The summed E-state index contributed by atoms with van der Waals surface area (Å²) >= 11 is 0. The molecule has 0 unspecified atom stereocenters. The standard InChI is InChI=1S/C31H52N8O7/c1-17(2)23(32)27(41)37-22(10-9-15-35-30(33)44)26(40)36-21-13-11-20(12-14-21)16-46-31(45)39(8)25(19(5)6)29(43)38-24(18(3)4)28(42)34-7/h11-14,17-19,22-25H,9-10,15-16,32H2,1-8H3,(H,34,42)(H,36,40)(H,37,41)(H,38,43)(H3,33,35,44)/t22-,23-,24-,25-/m0/s1. The Balaban J connectivity index is 2.87. The number of rotatable bonds is 17. The summed E-state index contributed by atoms with van der Waals surface area (Å²) in [6.07, 6.45) is -0.122. The Labute approximate surface area is 271 Å². The summed E-state index contributed by atoms with van der Waals surface area (Å²) in [6, 6.07) is 2.51. The highest BCUT2D eigenvalue weighted by Gasteiger charge is 2.34. The van der Waals surface area contributed by atoms with E-state index in [0.29, 0.717) is 17.7 Å². The smallest absolute Gasteiger partial charge is 0.410 e. The molecule has 0 spiro atoms. The molecule has 0 fully saturated rings. The van der Waals surface area contributed by atoms with Crippen molar-refractivity contribution in [2.45, 2.75) is 85.2 Å². The van der Waals surface area contributed by atoms with E-state index in [0.717, 1.165) is 0 Å². The lowest BCUT2D eigenvalue weighted by atomic mass is 9.99. The fraction of sp³-hybridized carbons (Fsp3) is 0.613. The molecule has 258 valence electrons. The van der Waals surface area contributed by atoms with E-state index < -0.39 is 54.0 Å². The number of urea groups is 1. The third-order valence-electron chi connectivity index (χ3n) is 7.31. The quantitative estimate of drug-likeness (QED) is 0.120. The molecular weight excluding hydrogens is 596 g/mol. The van der Waals surface area contributed by atoms with E-state index in [1.54, 1.807) is 52.0 Å². The van der Waals surface area contributed by atoms with Crippen molar-refractivity contribution in [3.05, 3.63) is 29.8 Å². The van der Waals surface area contributed by atoms with E-state index in [4.69, 9.17) is 16.2 Å². The van der Waals surface area contributed by atoms with E-state index in [-0.39, 0.29) is 43.2 Å². The van der Waals surface area contributed by atoms with Gasteiger partial charge in [-0.15, -0.1) is 0 Å². The van der Waals surface area contributed by atoms with Gasteiger partial charge in [0.1, 0.15) is 24.7 Å². The van der Waals surface area contributed by atoms with Crippen LogP contribution < -0.4 is 38.1 Å². The van der Waals surface area contributed by atoms with Crippen LogP contribution >= 0.6 is 0 Å². The van der Waals surface area contributed by atoms with Gasteiger partial charge >= 0.3 is 12.1 Å². The molecule has 1 aromatic rings. The van der Waals surface area contributed by atoms with Crippen molar-refractivity contribution in [3.8, 4) is 0 Å². The van der Waals surface area contributed by atoms with Gasteiger partial charge in [-0.05, 0) is 48.3 Å². The average molecular weight is 649 g/mol. The average Bonchev–Trinajstić information content (AvgIpc) is 2.99. The molecule has 0 saturated heterocycles. The molecule has 0 heterocycles. The summed E-state index contributed by atoms with van der Waals surface area (Å²) in [4.78, 5) is 76.0. The Kier molecular flexibility index (Phi) is 16.5. The van der Waals surface area contributed by atoms with Gasteiger partial charge in [0.2, 0.25) is 23.6 Å². The third-order valence-corrected chi connectivity index (χ3v) is 7.31. The summed E-state index contributed by atoms with van der Waals surface area (Å²) in [5, 5.41) is 13.2. The van der Waals surface area contributed by atoms with Crippen molar-refractivity contribution in [3.63, 3.8) is 0 Å². The number of hydrogen-bond acceptors (Lipinski definition) is 8. The van der Waals surface area contributed by atoms with Gasteiger partial charge in [-0.1, -0.05) is 53.7 Å². The first-order valence-electron chi connectivity index (χ1n) is 15.4. The summed E-state index contributed by atoms with van der Waals surface area (Å²) in [7, 11) is 2.95. The minimum Gasteiger partial charge on any atom is -0.445 e. The van der Waals surface area contributed by atoms with Crippen LogP contribution in [0.1, 0.15) is 59.9 Å². The number of likely N-dealkylation sites (N-methyl/N-ethyl adjacent to an activating group) is 2. The minimum atomic E-state index is -0.915. The van der Waals surface area contributed by atoms with Crippen molar-refractivity contribution in [1.29, 1.82) is 0 Å². The lowest BCUT2D eigenvalue weighted by Crippen LogP contribution is -2.56. The van der Waals surface area contributed by atoms with Crippen LogP contribution in [0, 0.1) is 17.8 Å². The van der Waals surface area contributed by atoms with Gasteiger partial charge in [0.25, 0.3) is 0 Å². The minimum absolute atomic E-state index is 0.102. The van der Waals surface area contributed by atoms with E-state index in [1.165, 1.54) is 19.0 Å². The summed E-state index contributed by atoms with van der Waals surface area (Å²) in [6.45, 7) is 10.9. The molecule has 0 bridgehead atoms. The zero-order valence-corrected chi connectivity index (χ0v) is 28.1. The topological polar surface area (TPSA) is 227 Å². The molecule has 0 aromatic heterocycles. The lowest BCUT2D eigenvalue weighted by molar-refractivity contribution is -0.133. The van der Waals surface area contributed by atoms with Crippen LogP contribution in [-0.2, 0) is 30.5 Å². The molecule has 0 aliphatic carbocycles. The highest BCUT2D eigenvalue weighted by molar-refractivity contribution is 5.98. The molecule has 0 saturated carbocycles. The maximum absolute atomic E-state index is 13.1. The molecule has 46 heavy (non-hydrogen) atoms. The molecular formula is C31H52N8O7. The van der Waals surface area contributed by atoms with Crippen LogP contribution in [0.2, 0.25) is 0 Å². The van der Waals surface area contributed by atoms with Crippen molar-refractivity contribution < 1.29 is 33.5 Å². The second-order valence-electron chi connectivity index (χ2n) is 12.1. The predicted octanol–water partition coefficient (Wildman–Crippen LogP) is 1.02. The Bertz CT molecular complexity index is 1190. The number of hydrogen-bond donors (Lipinski definition) is 7. The number of nitrogens with two attached hydrogens (primary N) is 2. The van der Waals surface area contributed by atoms with Crippen molar-refractivity contribution in [1.82, 2.24) is 26.2 Å². The fourth-order valence-electron chi connectivity index (χ4n) is 4.49. The van der Waals surface area contributed by atoms with Gasteiger partial charge < -0.3 is 42.8 Å². The first-order valence-corrected chi connectivity index (χ1v) is 15.4. The number of benzene rings is 1. The predicted molar refractivity (Wildman–Crippen MR) is 174 cm³/mol. The summed E-state index contributed by atoms with van der Waals surface area (Å²) in [5.41, 5.74) is 12.1.